The van der Waals surface area contributed by atoms with Crippen molar-refractivity contribution in [1.29, 1.82) is 0 Å². The van der Waals surface area contributed by atoms with E-state index in [1.165, 1.54) is 0 Å². The Bertz CT molecular complexity index is 528. The number of ether oxygens (including phenoxy) is 2. The molecule has 2 aromatic carbocycles. The topological polar surface area (TPSA) is 38.7 Å². The zero-order chi connectivity index (χ0) is 12.4. The van der Waals surface area contributed by atoms with Crippen LogP contribution >= 0.6 is 0 Å². The van der Waals surface area contributed by atoms with Crippen molar-refractivity contribution in [2.45, 2.75) is 6.29 Å². The standard InChI is InChI=1S/C15H14O3/c16-12-7-5-11(6-8-12)13-3-1-2-4-14(13)15-17-9-10-18-15/h1-8,15-16H,9-10H2. The second kappa shape index (κ2) is 4.80. The largest absolute Gasteiger partial charge is 0.508 e. The van der Waals surface area contributed by atoms with Crippen molar-refractivity contribution in [2.75, 3.05) is 13.2 Å². The van der Waals surface area contributed by atoms with E-state index in [-0.39, 0.29) is 12.0 Å². The minimum atomic E-state index is -0.282. The van der Waals surface area contributed by atoms with Crippen LogP contribution in [0.5, 0.6) is 5.75 Å². The van der Waals surface area contributed by atoms with Gasteiger partial charge in [-0.2, -0.15) is 0 Å². The molecule has 0 aliphatic carbocycles. The van der Waals surface area contributed by atoms with Crippen LogP contribution in [0.25, 0.3) is 11.1 Å². The highest BCUT2D eigenvalue weighted by molar-refractivity contribution is 5.68. The third-order valence-electron chi connectivity index (χ3n) is 3.01. The van der Waals surface area contributed by atoms with Crippen molar-refractivity contribution in [3.8, 4) is 16.9 Å². The Hall–Kier alpha value is -1.84. The van der Waals surface area contributed by atoms with Crippen molar-refractivity contribution < 1.29 is 14.6 Å². The fourth-order valence-corrected chi connectivity index (χ4v) is 2.14. The predicted molar refractivity (Wildman–Crippen MR) is 68.2 cm³/mol. The lowest BCUT2D eigenvalue weighted by Crippen LogP contribution is -2.00. The average Bonchev–Trinajstić information content (AvgIpc) is 2.93. The Morgan fingerprint density at radius 1 is 0.889 bits per heavy atom. The Labute approximate surface area is 106 Å². The van der Waals surface area contributed by atoms with E-state index in [9.17, 15) is 5.11 Å². The molecule has 92 valence electrons. The van der Waals surface area contributed by atoms with Crippen LogP contribution in [0.4, 0.5) is 0 Å². The molecule has 0 saturated carbocycles. The molecule has 0 aromatic heterocycles. The molecule has 2 aromatic rings. The van der Waals surface area contributed by atoms with Crippen LogP contribution in [0.1, 0.15) is 11.9 Å². The normalized spacial score (nSPS) is 16.0. The van der Waals surface area contributed by atoms with E-state index in [2.05, 4.69) is 0 Å². The molecule has 0 spiro atoms. The molecule has 18 heavy (non-hydrogen) atoms. The van der Waals surface area contributed by atoms with Gasteiger partial charge in [0.15, 0.2) is 6.29 Å². The summed E-state index contributed by atoms with van der Waals surface area (Å²) in [6.07, 6.45) is -0.282. The summed E-state index contributed by atoms with van der Waals surface area (Å²) in [5.41, 5.74) is 3.15. The first-order chi connectivity index (χ1) is 8.84. The van der Waals surface area contributed by atoms with Crippen LogP contribution in [0.15, 0.2) is 48.5 Å². The minimum Gasteiger partial charge on any atom is -0.508 e. The first-order valence-corrected chi connectivity index (χ1v) is 5.96. The van der Waals surface area contributed by atoms with Crippen LogP contribution in [0.3, 0.4) is 0 Å². The van der Waals surface area contributed by atoms with E-state index in [0.717, 1.165) is 16.7 Å². The van der Waals surface area contributed by atoms with Gasteiger partial charge in [0.05, 0.1) is 13.2 Å². The molecular weight excluding hydrogens is 228 g/mol. The number of hydrogen-bond acceptors (Lipinski definition) is 3. The fourth-order valence-electron chi connectivity index (χ4n) is 2.14. The van der Waals surface area contributed by atoms with Gasteiger partial charge >= 0.3 is 0 Å². The van der Waals surface area contributed by atoms with Gasteiger partial charge in [-0.1, -0.05) is 36.4 Å². The summed E-state index contributed by atoms with van der Waals surface area (Å²) in [6.45, 7) is 1.27. The van der Waals surface area contributed by atoms with Crippen molar-refractivity contribution in [2.24, 2.45) is 0 Å². The highest BCUT2D eigenvalue weighted by atomic mass is 16.7. The van der Waals surface area contributed by atoms with E-state index in [0.29, 0.717) is 13.2 Å². The lowest BCUT2D eigenvalue weighted by Gasteiger charge is -2.14. The number of hydrogen-bond donors (Lipinski definition) is 1. The molecule has 0 unspecified atom stereocenters. The number of phenols is 1. The van der Waals surface area contributed by atoms with Gasteiger partial charge in [-0.15, -0.1) is 0 Å². The van der Waals surface area contributed by atoms with Crippen LogP contribution in [-0.2, 0) is 9.47 Å². The predicted octanol–water partition coefficient (Wildman–Crippen LogP) is 3.10. The van der Waals surface area contributed by atoms with Crippen molar-refractivity contribution in [1.82, 2.24) is 0 Å². The highest BCUT2D eigenvalue weighted by Gasteiger charge is 2.21. The van der Waals surface area contributed by atoms with Crippen LogP contribution < -0.4 is 0 Å². The van der Waals surface area contributed by atoms with E-state index in [1.54, 1.807) is 12.1 Å². The molecule has 3 rings (SSSR count). The van der Waals surface area contributed by atoms with E-state index in [4.69, 9.17) is 9.47 Å². The molecule has 3 heteroatoms. The molecule has 1 aliphatic rings. The molecule has 1 heterocycles. The van der Waals surface area contributed by atoms with Crippen LogP contribution in [0.2, 0.25) is 0 Å². The summed E-state index contributed by atoms with van der Waals surface area (Å²) < 4.78 is 11.1. The summed E-state index contributed by atoms with van der Waals surface area (Å²) in [5, 5.41) is 9.34. The molecule has 0 bridgehead atoms. The molecule has 0 atom stereocenters. The maximum Gasteiger partial charge on any atom is 0.184 e. The van der Waals surface area contributed by atoms with Gasteiger partial charge in [0.2, 0.25) is 0 Å². The van der Waals surface area contributed by atoms with Gasteiger partial charge in [-0.25, -0.2) is 0 Å². The van der Waals surface area contributed by atoms with E-state index >= 15 is 0 Å². The van der Waals surface area contributed by atoms with Gasteiger partial charge < -0.3 is 14.6 Å². The fraction of sp³-hybridized carbons (Fsp3) is 0.200. The van der Waals surface area contributed by atoms with Crippen LogP contribution in [-0.4, -0.2) is 18.3 Å². The molecular formula is C15H14O3. The Morgan fingerprint density at radius 3 is 2.28 bits per heavy atom. The number of benzene rings is 2. The lowest BCUT2D eigenvalue weighted by atomic mass is 9.99. The summed E-state index contributed by atoms with van der Waals surface area (Å²) in [6, 6.07) is 15.2. The van der Waals surface area contributed by atoms with Crippen molar-refractivity contribution >= 4 is 0 Å². The summed E-state index contributed by atoms with van der Waals surface area (Å²) in [7, 11) is 0. The first kappa shape index (κ1) is 11.3. The zero-order valence-corrected chi connectivity index (χ0v) is 9.87. The quantitative estimate of drug-likeness (QED) is 0.879. The van der Waals surface area contributed by atoms with Crippen molar-refractivity contribution in [3.05, 3.63) is 54.1 Å². The second-order valence-electron chi connectivity index (χ2n) is 4.21. The molecule has 3 nitrogen and oxygen atoms in total. The van der Waals surface area contributed by atoms with Crippen molar-refractivity contribution in [3.63, 3.8) is 0 Å². The molecule has 0 amide bonds. The number of aromatic hydroxyl groups is 1. The number of phenolic OH excluding ortho intramolecular Hbond substituents is 1. The average molecular weight is 242 g/mol. The second-order valence-corrected chi connectivity index (χ2v) is 4.21. The molecule has 1 N–H and O–H groups in total. The van der Waals surface area contributed by atoms with E-state index in [1.807, 2.05) is 36.4 Å². The smallest absolute Gasteiger partial charge is 0.184 e. The van der Waals surface area contributed by atoms with Crippen LogP contribution in [0, 0.1) is 0 Å². The molecule has 1 saturated heterocycles. The summed E-state index contributed by atoms with van der Waals surface area (Å²) in [4.78, 5) is 0. The Morgan fingerprint density at radius 2 is 1.56 bits per heavy atom. The number of rotatable bonds is 2. The third kappa shape index (κ3) is 2.10. The maximum absolute atomic E-state index is 9.34. The summed E-state index contributed by atoms with van der Waals surface area (Å²) >= 11 is 0. The zero-order valence-electron chi connectivity index (χ0n) is 9.87. The minimum absolute atomic E-state index is 0.268. The van der Waals surface area contributed by atoms with Gasteiger partial charge in [0.25, 0.3) is 0 Å². The van der Waals surface area contributed by atoms with E-state index < -0.39 is 0 Å². The molecule has 0 radical (unpaired) electrons. The van der Waals surface area contributed by atoms with Gasteiger partial charge in [0.1, 0.15) is 5.75 Å². The first-order valence-electron chi connectivity index (χ1n) is 5.96. The third-order valence-corrected chi connectivity index (χ3v) is 3.01. The van der Waals surface area contributed by atoms with Gasteiger partial charge in [0, 0.05) is 5.56 Å². The summed E-state index contributed by atoms with van der Waals surface area (Å²) in [5.74, 6) is 0.268. The SMILES string of the molecule is Oc1ccc(-c2ccccc2C2OCCO2)cc1. The highest BCUT2D eigenvalue weighted by Crippen LogP contribution is 2.33. The van der Waals surface area contributed by atoms with Gasteiger partial charge in [-0.05, 0) is 23.3 Å². The monoisotopic (exact) mass is 242 g/mol. The van der Waals surface area contributed by atoms with Gasteiger partial charge in [-0.3, -0.25) is 0 Å². The lowest BCUT2D eigenvalue weighted by molar-refractivity contribution is -0.0436. The Balaban J connectivity index is 2.03. The Kier molecular flexibility index (Phi) is 3.00. The maximum atomic E-state index is 9.34. The molecule has 1 aliphatic heterocycles. The molecule has 1 fully saturated rings.